The summed E-state index contributed by atoms with van der Waals surface area (Å²) in [5.41, 5.74) is 1.77. The molecule has 34 heavy (non-hydrogen) atoms. The smallest absolute Gasteiger partial charge is 0.414 e. The molecule has 0 saturated carbocycles. The van der Waals surface area contributed by atoms with E-state index >= 15 is 0 Å². The van der Waals surface area contributed by atoms with Gasteiger partial charge in [-0.15, -0.1) is 15.3 Å². The Kier molecular flexibility index (Phi) is 5.96. The minimum absolute atomic E-state index is 0.0211. The third kappa shape index (κ3) is 4.61. The Morgan fingerprint density at radius 3 is 2.65 bits per heavy atom. The van der Waals surface area contributed by atoms with E-state index in [-0.39, 0.29) is 23.2 Å². The van der Waals surface area contributed by atoms with Gasteiger partial charge in [0, 0.05) is 10.8 Å². The van der Waals surface area contributed by atoms with Crippen LogP contribution >= 0.6 is 35.0 Å². The third-order valence-corrected chi connectivity index (χ3v) is 6.08. The molecule has 0 N–H and O–H groups in total. The fraction of sp³-hybridized carbons (Fsp3) is 0.150. The molecule has 14 heteroatoms. The van der Waals surface area contributed by atoms with Crippen LogP contribution in [-0.4, -0.2) is 34.7 Å². The number of para-hydroxylation sites is 2. The van der Waals surface area contributed by atoms with Gasteiger partial charge in [-0.05, 0) is 30.3 Å². The number of halogens is 5. The van der Waals surface area contributed by atoms with Crippen molar-refractivity contribution in [3.63, 3.8) is 0 Å². The number of hydrogen-bond donors (Lipinski definition) is 0. The average molecular weight is 526 g/mol. The first-order valence-corrected chi connectivity index (χ1v) is 11.4. The lowest BCUT2D eigenvalue weighted by Crippen LogP contribution is -2.15. The van der Waals surface area contributed by atoms with Crippen LogP contribution in [0.25, 0.3) is 16.7 Å². The van der Waals surface area contributed by atoms with Crippen molar-refractivity contribution < 1.29 is 17.6 Å². The van der Waals surface area contributed by atoms with Gasteiger partial charge in [-0.3, -0.25) is 0 Å². The van der Waals surface area contributed by atoms with Crippen LogP contribution in [-0.2, 0) is 18.5 Å². The zero-order valence-corrected chi connectivity index (χ0v) is 19.2. The van der Waals surface area contributed by atoms with E-state index in [2.05, 4.69) is 25.5 Å². The Hall–Kier alpha value is -3.09. The molecule has 5 aromatic rings. The van der Waals surface area contributed by atoms with Crippen LogP contribution in [0.3, 0.4) is 0 Å². The van der Waals surface area contributed by atoms with Gasteiger partial charge in [0.05, 0.1) is 33.6 Å². The molecule has 0 saturated heterocycles. The first-order chi connectivity index (χ1) is 16.3. The Labute approximate surface area is 203 Å². The molecule has 2 aromatic carbocycles. The van der Waals surface area contributed by atoms with Crippen molar-refractivity contribution in [1.29, 1.82) is 0 Å². The fourth-order valence-electron chi connectivity index (χ4n) is 3.23. The lowest BCUT2D eigenvalue weighted by atomic mass is 10.3. The van der Waals surface area contributed by atoms with Crippen LogP contribution < -0.4 is 0 Å². The summed E-state index contributed by atoms with van der Waals surface area (Å²) < 4.78 is 48.5. The van der Waals surface area contributed by atoms with E-state index in [0.717, 1.165) is 4.57 Å². The zero-order valence-electron chi connectivity index (χ0n) is 16.9. The molecule has 0 spiro atoms. The normalized spacial score (nSPS) is 12.0. The first kappa shape index (κ1) is 22.7. The van der Waals surface area contributed by atoms with E-state index in [4.69, 9.17) is 27.6 Å². The van der Waals surface area contributed by atoms with E-state index < -0.39 is 12.0 Å². The van der Waals surface area contributed by atoms with Crippen molar-refractivity contribution in [2.45, 2.75) is 23.7 Å². The maximum Gasteiger partial charge on any atom is 0.449 e. The van der Waals surface area contributed by atoms with Gasteiger partial charge in [0.1, 0.15) is 6.54 Å². The van der Waals surface area contributed by atoms with Gasteiger partial charge in [-0.2, -0.15) is 13.2 Å². The number of aromatic nitrogens is 7. The van der Waals surface area contributed by atoms with Gasteiger partial charge in [-0.1, -0.05) is 52.3 Å². The molecule has 0 aliphatic rings. The number of nitrogens with zero attached hydrogens (tertiary/aromatic N) is 7. The number of hydrogen-bond acceptors (Lipinski definition) is 7. The van der Waals surface area contributed by atoms with Crippen LogP contribution in [0.4, 0.5) is 13.2 Å². The van der Waals surface area contributed by atoms with Gasteiger partial charge in [0.2, 0.25) is 11.7 Å². The Morgan fingerprint density at radius 1 is 1.03 bits per heavy atom. The summed E-state index contributed by atoms with van der Waals surface area (Å²) in [6.45, 7) is -0.270. The van der Waals surface area contributed by atoms with Crippen LogP contribution in [0.5, 0.6) is 0 Å². The maximum atomic E-state index is 13.5. The van der Waals surface area contributed by atoms with Crippen LogP contribution in [0, 0.1) is 0 Å². The van der Waals surface area contributed by atoms with Crippen LogP contribution in [0.15, 0.2) is 58.3 Å². The predicted molar refractivity (Wildman–Crippen MR) is 119 cm³/mol. The maximum absolute atomic E-state index is 13.5. The Balaban J connectivity index is 1.30. The van der Waals surface area contributed by atoms with Crippen molar-refractivity contribution in [3.05, 3.63) is 76.1 Å². The number of alkyl halides is 3. The SMILES string of the molecule is FC(F)(F)c1nc2ccccc2n1Cc1nnc(SCc2cn(-c3ccc(Cl)cc3Cl)nn2)o1. The highest BCUT2D eigenvalue weighted by Gasteiger charge is 2.38. The lowest BCUT2D eigenvalue weighted by molar-refractivity contribution is -0.146. The summed E-state index contributed by atoms with van der Waals surface area (Å²) in [6, 6.07) is 11.3. The van der Waals surface area contributed by atoms with E-state index in [1.165, 1.54) is 22.5 Å². The molecule has 0 aliphatic carbocycles. The van der Waals surface area contributed by atoms with Crippen molar-refractivity contribution in [2.75, 3.05) is 0 Å². The molecular formula is C20H12Cl2F3N7OS. The Morgan fingerprint density at radius 2 is 1.85 bits per heavy atom. The molecule has 8 nitrogen and oxygen atoms in total. The molecule has 0 bridgehead atoms. The van der Waals surface area contributed by atoms with E-state index in [0.29, 0.717) is 32.7 Å². The Bertz CT molecular complexity index is 1480. The molecule has 3 aromatic heterocycles. The fourth-order valence-corrected chi connectivity index (χ4v) is 4.39. The van der Waals surface area contributed by atoms with Gasteiger partial charge in [0.15, 0.2) is 0 Å². The van der Waals surface area contributed by atoms with Crippen molar-refractivity contribution in [2.24, 2.45) is 0 Å². The highest BCUT2D eigenvalue weighted by molar-refractivity contribution is 7.98. The number of rotatable bonds is 6. The summed E-state index contributed by atoms with van der Waals surface area (Å²) in [5.74, 6) is -0.666. The summed E-state index contributed by atoms with van der Waals surface area (Å²) in [4.78, 5) is 3.71. The molecular weight excluding hydrogens is 514 g/mol. The minimum atomic E-state index is -4.63. The standard InChI is InChI=1S/C20H12Cl2F3N7OS/c21-11-5-6-15(13(22)7-11)32-8-12(27-30-32)10-34-19-29-28-17(33-19)9-31-16-4-2-1-3-14(16)26-18(31)20(23,24)25/h1-8H,9-10H2. The van der Waals surface area contributed by atoms with E-state index in [1.54, 1.807) is 42.6 Å². The number of benzene rings is 2. The van der Waals surface area contributed by atoms with E-state index in [1.807, 2.05) is 0 Å². The molecule has 0 unspecified atom stereocenters. The largest absolute Gasteiger partial charge is 0.449 e. The molecule has 0 amide bonds. The second-order valence-corrected chi connectivity index (χ2v) is 8.78. The van der Waals surface area contributed by atoms with Crippen molar-refractivity contribution in [1.82, 2.24) is 34.7 Å². The van der Waals surface area contributed by atoms with Gasteiger partial charge in [0.25, 0.3) is 5.22 Å². The molecule has 3 heterocycles. The molecule has 0 aliphatic heterocycles. The number of imidazole rings is 1. The highest BCUT2D eigenvalue weighted by atomic mass is 35.5. The zero-order chi connectivity index (χ0) is 23.9. The molecule has 0 atom stereocenters. The van der Waals surface area contributed by atoms with Gasteiger partial charge in [-0.25, -0.2) is 9.67 Å². The summed E-state index contributed by atoms with van der Waals surface area (Å²) >= 11 is 13.3. The van der Waals surface area contributed by atoms with Gasteiger partial charge < -0.3 is 8.98 Å². The second kappa shape index (κ2) is 8.93. The number of thioether (sulfide) groups is 1. The molecule has 174 valence electrons. The molecule has 0 fully saturated rings. The summed E-state index contributed by atoms with van der Waals surface area (Å²) in [6.07, 6.45) is -2.94. The monoisotopic (exact) mass is 525 g/mol. The van der Waals surface area contributed by atoms with Gasteiger partial charge >= 0.3 is 6.18 Å². The first-order valence-electron chi connectivity index (χ1n) is 9.62. The average Bonchev–Trinajstić information content (AvgIpc) is 3.51. The van der Waals surface area contributed by atoms with Crippen molar-refractivity contribution in [3.8, 4) is 5.69 Å². The molecule has 0 radical (unpaired) electrons. The number of fused-ring (bicyclic) bond motifs is 1. The minimum Gasteiger partial charge on any atom is -0.414 e. The summed E-state index contributed by atoms with van der Waals surface area (Å²) in [5, 5.41) is 17.0. The van der Waals surface area contributed by atoms with Crippen molar-refractivity contribution >= 4 is 46.0 Å². The third-order valence-electron chi connectivity index (χ3n) is 4.69. The van der Waals surface area contributed by atoms with E-state index in [9.17, 15) is 13.2 Å². The predicted octanol–water partition coefficient (Wildman–Crippen LogP) is 5.67. The lowest BCUT2D eigenvalue weighted by Gasteiger charge is -2.09. The topological polar surface area (TPSA) is 87.5 Å². The van der Waals surface area contributed by atoms with Crippen LogP contribution in [0.1, 0.15) is 17.4 Å². The summed E-state index contributed by atoms with van der Waals surface area (Å²) in [7, 11) is 0. The quantitative estimate of drug-likeness (QED) is 0.264. The molecule has 5 rings (SSSR count). The second-order valence-electron chi connectivity index (χ2n) is 7.01. The highest BCUT2D eigenvalue weighted by Crippen LogP contribution is 2.32. The van der Waals surface area contributed by atoms with Crippen LogP contribution in [0.2, 0.25) is 10.0 Å².